The van der Waals surface area contributed by atoms with Crippen LogP contribution in [0.3, 0.4) is 0 Å². The summed E-state index contributed by atoms with van der Waals surface area (Å²) in [5.74, 6) is -0.976. The number of nitrogens with zero attached hydrogens (tertiary/aromatic N) is 1. The molecule has 128 valence electrons. The zero-order valence-corrected chi connectivity index (χ0v) is 13.9. The first-order valence-corrected chi connectivity index (χ1v) is 7.64. The number of aliphatic hydroxyl groups excluding tert-OH is 1. The van der Waals surface area contributed by atoms with Crippen molar-refractivity contribution < 1.29 is 24.5 Å². The molecule has 0 aliphatic carbocycles. The lowest BCUT2D eigenvalue weighted by atomic mass is 9.75. The lowest BCUT2D eigenvalue weighted by Crippen LogP contribution is -2.52. The Morgan fingerprint density at radius 3 is 2.55 bits per heavy atom. The second-order valence-corrected chi connectivity index (χ2v) is 7.01. The molecule has 0 aromatic rings. The van der Waals surface area contributed by atoms with Gasteiger partial charge in [0.1, 0.15) is 5.60 Å². The molecule has 1 aliphatic heterocycles. The van der Waals surface area contributed by atoms with Crippen LogP contribution in [0.15, 0.2) is 0 Å². The van der Waals surface area contributed by atoms with Gasteiger partial charge in [0, 0.05) is 19.6 Å². The van der Waals surface area contributed by atoms with Crippen molar-refractivity contribution >= 4 is 12.1 Å². The van der Waals surface area contributed by atoms with E-state index in [9.17, 15) is 19.8 Å². The van der Waals surface area contributed by atoms with Gasteiger partial charge in [-0.25, -0.2) is 4.79 Å². The fourth-order valence-corrected chi connectivity index (χ4v) is 2.80. The number of aliphatic hydroxyl groups is 1. The van der Waals surface area contributed by atoms with Gasteiger partial charge in [0.05, 0.1) is 11.5 Å². The third kappa shape index (κ3) is 5.14. The van der Waals surface area contributed by atoms with Gasteiger partial charge in [0.15, 0.2) is 0 Å². The number of likely N-dealkylation sites (tertiary alicyclic amines) is 1. The molecule has 0 bridgehead atoms. The summed E-state index contributed by atoms with van der Waals surface area (Å²) in [5.41, 5.74) is -1.74. The number of ether oxygens (including phenoxy) is 1. The van der Waals surface area contributed by atoms with E-state index in [1.807, 2.05) is 0 Å². The number of piperidine rings is 1. The molecule has 1 aliphatic rings. The van der Waals surface area contributed by atoms with Crippen LogP contribution >= 0.6 is 0 Å². The molecule has 22 heavy (non-hydrogen) atoms. The Morgan fingerprint density at radius 1 is 1.41 bits per heavy atom. The number of likely N-dealkylation sites (N-methyl/N-ethyl adjacent to an activating group) is 1. The highest BCUT2D eigenvalue weighted by Gasteiger charge is 2.45. The van der Waals surface area contributed by atoms with Crippen molar-refractivity contribution in [2.45, 2.75) is 51.7 Å². The van der Waals surface area contributed by atoms with Gasteiger partial charge in [0.2, 0.25) is 0 Å². The molecule has 1 fully saturated rings. The van der Waals surface area contributed by atoms with Crippen LogP contribution in [-0.2, 0) is 9.53 Å². The van der Waals surface area contributed by atoms with Gasteiger partial charge < -0.3 is 25.2 Å². The molecule has 3 N–H and O–H groups in total. The summed E-state index contributed by atoms with van der Waals surface area (Å²) in [6.45, 7) is 6.19. The highest BCUT2D eigenvalue weighted by Crippen LogP contribution is 2.35. The van der Waals surface area contributed by atoms with Gasteiger partial charge in [-0.2, -0.15) is 0 Å². The van der Waals surface area contributed by atoms with Crippen molar-refractivity contribution in [1.29, 1.82) is 0 Å². The van der Waals surface area contributed by atoms with Gasteiger partial charge in [-0.05, 0) is 47.1 Å². The molecule has 0 spiro atoms. The molecule has 1 amide bonds. The fourth-order valence-electron chi connectivity index (χ4n) is 2.80. The van der Waals surface area contributed by atoms with Crippen LogP contribution in [0.4, 0.5) is 4.79 Å². The van der Waals surface area contributed by atoms with Gasteiger partial charge >= 0.3 is 12.1 Å². The average molecular weight is 316 g/mol. The second-order valence-electron chi connectivity index (χ2n) is 7.01. The van der Waals surface area contributed by atoms with Gasteiger partial charge in [-0.15, -0.1) is 0 Å². The molecule has 2 atom stereocenters. The molecule has 0 aromatic carbocycles. The van der Waals surface area contributed by atoms with Crippen LogP contribution < -0.4 is 5.32 Å². The summed E-state index contributed by atoms with van der Waals surface area (Å²) in [5, 5.41) is 22.4. The van der Waals surface area contributed by atoms with E-state index in [-0.39, 0.29) is 13.0 Å². The highest BCUT2D eigenvalue weighted by molar-refractivity contribution is 5.77. The normalized spacial score (nSPS) is 24.0. The maximum atomic E-state index is 12.2. The highest BCUT2D eigenvalue weighted by atomic mass is 16.6. The van der Waals surface area contributed by atoms with Gasteiger partial charge in [-0.1, -0.05) is 0 Å². The van der Waals surface area contributed by atoms with Gasteiger partial charge in [-0.3, -0.25) is 4.79 Å². The molecule has 1 heterocycles. The number of aliphatic carboxylic acids is 1. The third-order valence-corrected chi connectivity index (χ3v) is 3.75. The molecular formula is C15H28N2O5. The average Bonchev–Trinajstić information content (AvgIpc) is 2.37. The monoisotopic (exact) mass is 316 g/mol. The molecule has 0 radical (unpaired) electrons. The SMILES string of the molecule is CNC[C@H](O)C[C@]1(C(=O)O)CCCN(C(=O)OC(C)(C)C)C1. The van der Waals surface area contributed by atoms with Crippen LogP contribution in [0.1, 0.15) is 40.0 Å². The van der Waals surface area contributed by atoms with E-state index < -0.39 is 29.2 Å². The maximum absolute atomic E-state index is 12.2. The number of hydrogen-bond acceptors (Lipinski definition) is 5. The summed E-state index contributed by atoms with van der Waals surface area (Å²) in [6.07, 6.45) is -0.122. The summed E-state index contributed by atoms with van der Waals surface area (Å²) in [6, 6.07) is 0. The van der Waals surface area contributed by atoms with Crippen molar-refractivity contribution in [3.05, 3.63) is 0 Å². The molecule has 1 saturated heterocycles. The Bertz CT molecular complexity index is 407. The van der Waals surface area contributed by atoms with E-state index in [0.29, 0.717) is 25.9 Å². The Labute approximate surface area is 131 Å². The fraction of sp³-hybridized carbons (Fsp3) is 0.867. The van der Waals surface area contributed by atoms with Crippen molar-refractivity contribution in [2.75, 3.05) is 26.7 Å². The van der Waals surface area contributed by atoms with Crippen LogP contribution in [0.5, 0.6) is 0 Å². The quantitative estimate of drug-likeness (QED) is 0.701. The number of rotatable bonds is 5. The first-order valence-electron chi connectivity index (χ1n) is 7.64. The van der Waals surface area contributed by atoms with E-state index in [1.165, 1.54) is 4.90 Å². The first kappa shape index (κ1) is 18.7. The van der Waals surface area contributed by atoms with Crippen LogP contribution in [0.2, 0.25) is 0 Å². The predicted molar refractivity (Wildman–Crippen MR) is 81.7 cm³/mol. The van der Waals surface area contributed by atoms with Crippen molar-refractivity contribution in [3.8, 4) is 0 Å². The Hall–Kier alpha value is -1.34. The molecule has 7 heteroatoms. The minimum Gasteiger partial charge on any atom is -0.481 e. The number of carboxylic acid groups (broad SMARTS) is 1. The Kier molecular flexibility index (Phi) is 6.19. The van der Waals surface area contributed by atoms with E-state index in [0.717, 1.165) is 0 Å². The van der Waals surface area contributed by atoms with E-state index in [2.05, 4.69) is 5.32 Å². The summed E-state index contributed by atoms with van der Waals surface area (Å²) in [7, 11) is 1.70. The molecule has 0 unspecified atom stereocenters. The zero-order chi connectivity index (χ0) is 17.0. The number of carbonyl (C=O) groups is 2. The molecule has 0 saturated carbocycles. The van der Waals surface area contributed by atoms with E-state index >= 15 is 0 Å². The second kappa shape index (κ2) is 7.28. The van der Waals surface area contributed by atoms with Crippen LogP contribution in [-0.4, -0.2) is 65.6 Å². The van der Waals surface area contributed by atoms with Crippen LogP contribution in [0, 0.1) is 5.41 Å². The van der Waals surface area contributed by atoms with Crippen molar-refractivity contribution in [2.24, 2.45) is 5.41 Å². The Morgan fingerprint density at radius 2 is 2.05 bits per heavy atom. The number of carboxylic acids is 1. The number of carbonyl (C=O) groups excluding carboxylic acids is 1. The molecule has 0 aromatic heterocycles. The summed E-state index contributed by atoms with van der Waals surface area (Å²) >= 11 is 0. The van der Waals surface area contributed by atoms with Crippen molar-refractivity contribution in [1.82, 2.24) is 10.2 Å². The minimum absolute atomic E-state index is 0.0675. The number of hydrogen-bond donors (Lipinski definition) is 3. The van der Waals surface area contributed by atoms with E-state index in [4.69, 9.17) is 4.74 Å². The largest absolute Gasteiger partial charge is 0.481 e. The topological polar surface area (TPSA) is 99.1 Å². The Balaban J connectivity index is 2.82. The maximum Gasteiger partial charge on any atom is 0.410 e. The van der Waals surface area contributed by atoms with E-state index in [1.54, 1.807) is 27.8 Å². The predicted octanol–water partition coefficient (Wildman–Crippen LogP) is 1.06. The summed E-state index contributed by atoms with van der Waals surface area (Å²) in [4.78, 5) is 25.4. The molecule has 1 rings (SSSR count). The number of nitrogens with one attached hydrogen (secondary N) is 1. The molecule has 7 nitrogen and oxygen atoms in total. The first-order chi connectivity index (χ1) is 10.1. The van der Waals surface area contributed by atoms with Gasteiger partial charge in [0.25, 0.3) is 0 Å². The lowest BCUT2D eigenvalue weighted by molar-refractivity contribution is -0.154. The lowest BCUT2D eigenvalue weighted by Gasteiger charge is -2.41. The van der Waals surface area contributed by atoms with Crippen LogP contribution in [0.25, 0.3) is 0 Å². The summed E-state index contributed by atoms with van der Waals surface area (Å²) < 4.78 is 5.32. The third-order valence-electron chi connectivity index (χ3n) is 3.75. The minimum atomic E-state index is -1.12. The molecular weight excluding hydrogens is 288 g/mol. The standard InChI is InChI=1S/C15H28N2O5/c1-14(2,3)22-13(21)17-7-5-6-15(10-17,12(19)20)8-11(18)9-16-4/h11,16,18H,5-10H2,1-4H3,(H,19,20)/t11-,15-/m1/s1. The van der Waals surface area contributed by atoms with Crippen molar-refractivity contribution in [3.63, 3.8) is 0 Å². The smallest absolute Gasteiger partial charge is 0.410 e. The number of amides is 1. The zero-order valence-electron chi connectivity index (χ0n) is 13.9.